The molecule has 0 aliphatic rings. The van der Waals surface area contributed by atoms with Crippen molar-refractivity contribution in [2.75, 3.05) is 5.32 Å². The molecule has 2 heterocycles. The second-order valence-electron chi connectivity index (χ2n) is 5.58. The maximum Gasteiger partial charge on any atom is 0.270 e. The number of rotatable bonds is 4. The fourth-order valence-electron chi connectivity index (χ4n) is 2.71. The number of fused-ring (bicyclic) bond motifs is 1. The maximum atomic E-state index is 11.1. The zero-order valence-electron chi connectivity index (χ0n) is 13.5. The van der Waals surface area contributed by atoms with Gasteiger partial charge in [0.2, 0.25) is 0 Å². The zero-order valence-corrected chi connectivity index (χ0v) is 15.8. The highest BCUT2D eigenvalue weighted by molar-refractivity contribution is 7.17. The van der Waals surface area contributed by atoms with E-state index in [9.17, 15) is 10.1 Å². The van der Waals surface area contributed by atoms with E-state index in [0.717, 1.165) is 15.8 Å². The Morgan fingerprint density at radius 2 is 1.81 bits per heavy atom. The summed E-state index contributed by atoms with van der Waals surface area (Å²) < 4.78 is 0. The quantitative estimate of drug-likeness (QED) is 0.311. The molecule has 2 aromatic carbocycles. The molecule has 0 bridgehead atoms. The average molecular weight is 417 g/mol. The molecule has 0 saturated carbocycles. The minimum absolute atomic E-state index is 0.0207. The van der Waals surface area contributed by atoms with Crippen LogP contribution in [0, 0.1) is 10.1 Å². The molecule has 134 valence electrons. The summed E-state index contributed by atoms with van der Waals surface area (Å²) in [6, 6.07) is 11.7. The van der Waals surface area contributed by atoms with Crippen molar-refractivity contribution in [3.05, 3.63) is 74.3 Å². The molecule has 9 heteroatoms. The number of hydrogen-bond acceptors (Lipinski definition) is 6. The summed E-state index contributed by atoms with van der Waals surface area (Å²) in [5.74, 6) is 0.526. The Bertz CT molecular complexity index is 1160. The molecule has 0 amide bonds. The van der Waals surface area contributed by atoms with E-state index in [4.69, 9.17) is 23.2 Å². The number of aromatic nitrogens is 2. The fraction of sp³-hybridized carbons (Fsp3) is 0. The SMILES string of the molecule is O=[N+]([O-])c1cccc(-c2csc3ncnc(Nc4c(Cl)cccc4Cl)c23)c1. The molecule has 0 radical (unpaired) electrons. The summed E-state index contributed by atoms with van der Waals surface area (Å²) in [7, 11) is 0. The third-order valence-corrected chi connectivity index (χ3v) is 5.46. The molecule has 4 aromatic rings. The van der Waals surface area contributed by atoms with Gasteiger partial charge in [-0.25, -0.2) is 9.97 Å². The van der Waals surface area contributed by atoms with Crippen molar-refractivity contribution in [2.24, 2.45) is 0 Å². The smallest absolute Gasteiger partial charge is 0.270 e. The molecule has 0 fully saturated rings. The van der Waals surface area contributed by atoms with Crippen molar-refractivity contribution in [3.8, 4) is 11.1 Å². The van der Waals surface area contributed by atoms with Crippen LogP contribution in [0.1, 0.15) is 0 Å². The number of anilines is 2. The van der Waals surface area contributed by atoms with Gasteiger partial charge in [0.25, 0.3) is 5.69 Å². The van der Waals surface area contributed by atoms with E-state index in [0.29, 0.717) is 27.1 Å². The van der Waals surface area contributed by atoms with Gasteiger partial charge in [-0.3, -0.25) is 10.1 Å². The van der Waals surface area contributed by atoms with E-state index >= 15 is 0 Å². The van der Waals surface area contributed by atoms with Gasteiger partial charge in [-0.05, 0) is 17.7 Å². The lowest BCUT2D eigenvalue weighted by Gasteiger charge is -2.11. The summed E-state index contributed by atoms with van der Waals surface area (Å²) >= 11 is 13.9. The van der Waals surface area contributed by atoms with Gasteiger partial charge in [0.1, 0.15) is 17.0 Å². The topological polar surface area (TPSA) is 81.0 Å². The van der Waals surface area contributed by atoms with E-state index in [1.54, 1.807) is 24.3 Å². The highest BCUT2D eigenvalue weighted by Gasteiger charge is 2.17. The first-order valence-electron chi connectivity index (χ1n) is 7.72. The van der Waals surface area contributed by atoms with Crippen LogP contribution in [0.25, 0.3) is 21.3 Å². The third kappa shape index (κ3) is 3.32. The lowest BCUT2D eigenvalue weighted by atomic mass is 10.1. The zero-order chi connectivity index (χ0) is 19.0. The highest BCUT2D eigenvalue weighted by Crippen LogP contribution is 2.40. The molecule has 6 nitrogen and oxygen atoms in total. The van der Waals surface area contributed by atoms with Crippen LogP contribution in [0.2, 0.25) is 10.0 Å². The van der Waals surface area contributed by atoms with Crippen LogP contribution in [0.15, 0.2) is 54.2 Å². The van der Waals surface area contributed by atoms with Gasteiger partial charge < -0.3 is 5.32 Å². The molecule has 0 spiro atoms. The molecule has 1 N–H and O–H groups in total. The van der Waals surface area contributed by atoms with Crippen molar-refractivity contribution < 1.29 is 4.92 Å². The van der Waals surface area contributed by atoms with Gasteiger partial charge in [0.05, 0.1) is 26.0 Å². The molecule has 4 rings (SSSR count). The molecule has 27 heavy (non-hydrogen) atoms. The van der Waals surface area contributed by atoms with Crippen LogP contribution in [0.4, 0.5) is 17.2 Å². The molecule has 0 atom stereocenters. The predicted molar refractivity (Wildman–Crippen MR) is 109 cm³/mol. The van der Waals surface area contributed by atoms with E-state index in [1.165, 1.54) is 29.8 Å². The average Bonchev–Trinajstić information content (AvgIpc) is 3.10. The number of hydrogen-bond donors (Lipinski definition) is 1. The summed E-state index contributed by atoms with van der Waals surface area (Å²) in [6.45, 7) is 0. The van der Waals surface area contributed by atoms with Crippen molar-refractivity contribution >= 4 is 61.9 Å². The number of thiophene rings is 1. The van der Waals surface area contributed by atoms with Crippen molar-refractivity contribution in [1.82, 2.24) is 9.97 Å². The molecular weight excluding hydrogens is 407 g/mol. The second-order valence-corrected chi connectivity index (χ2v) is 7.25. The minimum Gasteiger partial charge on any atom is -0.337 e. The Morgan fingerprint density at radius 1 is 1.07 bits per heavy atom. The van der Waals surface area contributed by atoms with Crippen LogP contribution in [0.5, 0.6) is 0 Å². The minimum atomic E-state index is -0.419. The number of nitrogens with zero attached hydrogens (tertiary/aromatic N) is 3. The number of nitrogens with one attached hydrogen (secondary N) is 1. The lowest BCUT2D eigenvalue weighted by Crippen LogP contribution is -1.97. The van der Waals surface area contributed by atoms with Gasteiger partial charge in [-0.15, -0.1) is 11.3 Å². The Hall–Kier alpha value is -2.74. The predicted octanol–water partition coefficient (Wildman–Crippen LogP) is 6.32. The maximum absolute atomic E-state index is 11.1. The summed E-state index contributed by atoms with van der Waals surface area (Å²) in [5, 5.41) is 17.9. The van der Waals surface area contributed by atoms with Gasteiger partial charge in [-0.2, -0.15) is 0 Å². The second kappa shape index (κ2) is 7.11. The van der Waals surface area contributed by atoms with Crippen LogP contribution >= 0.6 is 34.5 Å². The third-order valence-electron chi connectivity index (χ3n) is 3.94. The number of nitro groups is 1. The Labute approximate surface area is 167 Å². The number of halogens is 2. The van der Waals surface area contributed by atoms with Crippen LogP contribution in [-0.4, -0.2) is 14.9 Å². The number of benzene rings is 2. The fourth-order valence-corrected chi connectivity index (χ4v) is 4.11. The highest BCUT2D eigenvalue weighted by atomic mass is 35.5. The Morgan fingerprint density at radius 3 is 2.56 bits per heavy atom. The number of nitro benzene ring substituents is 1. The van der Waals surface area contributed by atoms with Crippen LogP contribution in [0.3, 0.4) is 0 Å². The van der Waals surface area contributed by atoms with E-state index in [-0.39, 0.29) is 5.69 Å². The van der Waals surface area contributed by atoms with Crippen molar-refractivity contribution in [1.29, 1.82) is 0 Å². The van der Waals surface area contributed by atoms with Crippen molar-refractivity contribution in [3.63, 3.8) is 0 Å². The Balaban J connectivity index is 1.88. The molecule has 0 aliphatic carbocycles. The molecule has 0 saturated heterocycles. The standard InChI is InChI=1S/C18H10Cl2N4O2S/c19-13-5-2-6-14(20)16(13)23-17-15-12(8-27-18(15)22-9-21-17)10-3-1-4-11(7-10)24(25)26/h1-9H,(H,21,22,23). The molecule has 2 aromatic heterocycles. The summed E-state index contributed by atoms with van der Waals surface area (Å²) in [6.07, 6.45) is 1.45. The van der Waals surface area contributed by atoms with E-state index in [1.807, 2.05) is 11.4 Å². The number of non-ortho nitro benzene ring substituents is 1. The van der Waals surface area contributed by atoms with Gasteiger partial charge in [-0.1, -0.05) is 41.4 Å². The van der Waals surface area contributed by atoms with Crippen LogP contribution < -0.4 is 5.32 Å². The summed E-state index contributed by atoms with van der Waals surface area (Å²) in [4.78, 5) is 20.1. The van der Waals surface area contributed by atoms with Crippen molar-refractivity contribution in [2.45, 2.75) is 0 Å². The largest absolute Gasteiger partial charge is 0.337 e. The first-order valence-corrected chi connectivity index (χ1v) is 9.36. The first-order chi connectivity index (χ1) is 13.0. The monoisotopic (exact) mass is 416 g/mol. The van der Waals surface area contributed by atoms with E-state index in [2.05, 4.69) is 15.3 Å². The number of para-hydroxylation sites is 1. The van der Waals surface area contributed by atoms with Gasteiger partial charge in [0.15, 0.2) is 0 Å². The molecule has 0 aliphatic heterocycles. The van der Waals surface area contributed by atoms with Crippen LogP contribution in [-0.2, 0) is 0 Å². The van der Waals surface area contributed by atoms with E-state index < -0.39 is 4.92 Å². The molecule has 0 unspecified atom stereocenters. The normalized spacial score (nSPS) is 10.9. The summed E-state index contributed by atoms with van der Waals surface area (Å²) in [5.41, 5.74) is 2.06. The Kier molecular flexibility index (Phi) is 4.65. The van der Waals surface area contributed by atoms with Gasteiger partial charge in [0, 0.05) is 23.1 Å². The lowest BCUT2D eigenvalue weighted by molar-refractivity contribution is -0.384. The van der Waals surface area contributed by atoms with Gasteiger partial charge >= 0.3 is 0 Å². The first kappa shape index (κ1) is 17.7. The molecular formula is C18H10Cl2N4O2S.